The van der Waals surface area contributed by atoms with Crippen LogP contribution in [0.4, 0.5) is 0 Å². The summed E-state index contributed by atoms with van der Waals surface area (Å²) >= 11 is 0. The third-order valence-corrected chi connectivity index (χ3v) is 4.19. The van der Waals surface area contributed by atoms with E-state index in [9.17, 15) is 4.79 Å². The van der Waals surface area contributed by atoms with Crippen LogP contribution in [0.15, 0.2) is 30.3 Å². The Morgan fingerprint density at radius 3 is 2.83 bits per heavy atom. The monoisotopic (exact) mass is 312 g/mol. The van der Waals surface area contributed by atoms with Gasteiger partial charge in [-0.25, -0.2) is 0 Å². The lowest BCUT2D eigenvalue weighted by molar-refractivity contribution is -0.122. The molecule has 1 aromatic heterocycles. The van der Waals surface area contributed by atoms with Crippen LogP contribution in [0.25, 0.3) is 0 Å². The van der Waals surface area contributed by atoms with Gasteiger partial charge in [-0.2, -0.15) is 0 Å². The highest BCUT2D eigenvalue weighted by Gasteiger charge is 2.24. The van der Waals surface area contributed by atoms with Crippen LogP contribution < -0.4 is 5.32 Å². The maximum atomic E-state index is 12.0. The fourth-order valence-electron chi connectivity index (χ4n) is 3.07. The Balaban J connectivity index is 1.67. The molecular weight excluding hydrogens is 288 g/mol. The molecule has 0 saturated heterocycles. The van der Waals surface area contributed by atoms with Gasteiger partial charge < -0.3 is 9.88 Å². The zero-order chi connectivity index (χ0) is 16.2. The lowest BCUT2D eigenvalue weighted by Gasteiger charge is -2.25. The number of nitrogens with zero attached hydrogens (tertiary/aromatic N) is 3. The molecule has 0 radical (unpaired) electrons. The molecule has 1 amide bonds. The van der Waals surface area contributed by atoms with E-state index < -0.39 is 0 Å². The Hall–Kier alpha value is -2.17. The Morgan fingerprint density at radius 2 is 2.09 bits per heavy atom. The van der Waals surface area contributed by atoms with Crippen molar-refractivity contribution < 1.29 is 4.79 Å². The zero-order valence-electron chi connectivity index (χ0n) is 13.8. The number of carbonyl (C=O) groups excluding carboxylic acids is 1. The van der Waals surface area contributed by atoms with Crippen molar-refractivity contribution in [3.63, 3.8) is 0 Å². The van der Waals surface area contributed by atoms with Crippen LogP contribution in [0.5, 0.6) is 0 Å². The highest BCUT2D eigenvalue weighted by atomic mass is 16.1. The number of aromatic nitrogens is 3. The van der Waals surface area contributed by atoms with Crippen LogP contribution in [-0.4, -0.2) is 26.7 Å². The Morgan fingerprint density at radius 1 is 1.30 bits per heavy atom. The predicted octanol–water partition coefficient (Wildman–Crippen LogP) is 2.35. The van der Waals surface area contributed by atoms with Gasteiger partial charge in [0, 0.05) is 31.8 Å². The summed E-state index contributed by atoms with van der Waals surface area (Å²) in [5, 5.41) is 11.8. The molecule has 0 unspecified atom stereocenters. The van der Waals surface area contributed by atoms with Gasteiger partial charge in [0.1, 0.15) is 11.6 Å². The second-order valence-corrected chi connectivity index (χ2v) is 6.71. The number of nitrogens with one attached hydrogen (secondary N) is 1. The summed E-state index contributed by atoms with van der Waals surface area (Å²) in [6.45, 7) is 4.90. The first-order valence-electron chi connectivity index (χ1n) is 8.36. The lowest BCUT2D eigenvalue weighted by Crippen LogP contribution is -2.41. The molecular formula is C18H24N4O. The van der Waals surface area contributed by atoms with Crippen LogP contribution in [-0.2, 0) is 24.2 Å². The number of hydrogen-bond acceptors (Lipinski definition) is 3. The van der Waals surface area contributed by atoms with Crippen molar-refractivity contribution in [3.05, 3.63) is 47.5 Å². The summed E-state index contributed by atoms with van der Waals surface area (Å²) in [6, 6.07) is 10.5. The standard InChI is InChI=1S/C18H24N4O/c1-13(2)10-18(23)19-15-8-9-16-20-21-17(22(16)12-15)11-14-6-4-3-5-7-14/h3-7,13,15H,8-12H2,1-2H3,(H,19,23)/t15-/m0/s1. The van der Waals surface area contributed by atoms with Gasteiger partial charge in [-0.05, 0) is 17.9 Å². The minimum Gasteiger partial charge on any atom is -0.352 e. The van der Waals surface area contributed by atoms with Crippen molar-refractivity contribution in [3.8, 4) is 0 Å². The molecule has 0 bridgehead atoms. The van der Waals surface area contributed by atoms with Gasteiger partial charge in [-0.15, -0.1) is 10.2 Å². The van der Waals surface area contributed by atoms with Crippen molar-refractivity contribution in [2.45, 2.75) is 52.1 Å². The molecule has 5 nitrogen and oxygen atoms in total. The number of carbonyl (C=O) groups is 1. The Labute approximate surface area is 137 Å². The SMILES string of the molecule is CC(C)CC(=O)N[C@H]1CCc2nnc(Cc3ccccc3)n2C1. The summed E-state index contributed by atoms with van der Waals surface area (Å²) in [6.07, 6.45) is 3.17. The lowest BCUT2D eigenvalue weighted by atomic mass is 10.0. The Kier molecular flexibility index (Phi) is 4.74. The highest BCUT2D eigenvalue weighted by Crippen LogP contribution is 2.17. The summed E-state index contributed by atoms with van der Waals surface area (Å²) in [4.78, 5) is 12.0. The topological polar surface area (TPSA) is 59.8 Å². The Bertz CT molecular complexity index is 663. The third-order valence-electron chi connectivity index (χ3n) is 4.19. The molecule has 0 spiro atoms. The molecule has 23 heavy (non-hydrogen) atoms. The summed E-state index contributed by atoms with van der Waals surface area (Å²) in [5.74, 6) is 2.54. The number of rotatable bonds is 5. The number of amides is 1. The average molecular weight is 312 g/mol. The van der Waals surface area contributed by atoms with Crippen molar-refractivity contribution in [1.82, 2.24) is 20.1 Å². The molecule has 1 aromatic carbocycles. The van der Waals surface area contributed by atoms with E-state index >= 15 is 0 Å². The van der Waals surface area contributed by atoms with Crippen LogP contribution in [0.3, 0.4) is 0 Å². The molecule has 0 aliphatic carbocycles. The van der Waals surface area contributed by atoms with E-state index in [2.05, 4.69) is 46.1 Å². The van der Waals surface area contributed by atoms with Crippen LogP contribution in [0.1, 0.15) is 43.9 Å². The summed E-state index contributed by atoms with van der Waals surface area (Å²) < 4.78 is 2.18. The van der Waals surface area contributed by atoms with Gasteiger partial charge >= 0.3 is 0 Å². The van der Waals surface area contributed by atoms with Gasteiger partial charge in [0.15, 0.2) is 0 Å². The smallest absolute Gasteiger partial charge is 0.220 e. The van der Waals surface area contributed by atoms with E-state index in [1.165, 1.54) is 5.56 Å². The number of hydrogen-bond donors (Lipinski definition) is 1. The summed E-state index contributed by atoms with van der Waals surface area (Å²) in [5.41, 5.74) is 1.23. The maximum absolute atomic E-state index is 12.0. The molecule has 1 N–H and O–H groups in total. The quantitative estimate of drug-likeness (QED) is 0.922. The molecule has 2 heterocycles. The average Bonchev–Trinajstić information content (AvgIpc) is 2.90. The van der Waals surface area contributed by atoms with Crippen LogP contribution in [0.2, 0.25) is 0 Å². The van der Waals surface area contributed by atoms with Crippen molar-refractivity contribution in [1.29, 1.82) is 0 Å². The molecule has 5 heteroatoms. The fraction of sp³-hybridized carbons (Fsp3) is 0.500. The van der Waals surface area contributed by atoms with E-state index in [-0.39, 0.29) is 11.9 Å². The van der Waals surface area contributed by atoms with Crippen molar-refractivity contribution in [2.75, 3.05) is 0 Å². The second-order valence-electron chi connectivity index (χ2n) is 6.71. The molecule has 1 aliphatic heterocycles. The summed E-state index contributed by atoms with van der Waals surface area (Å²) in [7, 11) is 0. The van der Waals surface area contributed by atoms with E-state index in [4.69, 9.17) is 0 Å². The normalized spacial score (nSPS) is 17.1. The van der Waals surface area contributed by atoms with Gasteiger partial charge in [0.05, 0.1) is 0 Å². The minimum absolute atomic E-state index is 0.145. The van der Waals surface area contributed by atoms with Crippen molar-refractivity contribution >= 4 is 5.91 Å². The zero-order valence-corrected chi connectivity index (χ0v) is 13.8. The van der Waals surface area contributed by atoms with E-state index in [1.807, 2.05) is 18.2 Å². The van der Waals surface area contributed by atoms with Gasteiger partial charge in [-0.3, -0.25) is 4.79 Å². The largest absolute Gasteiger partial charge is 0.352 e. The molecule has 2 aromatic rings. The first-order chi connectivity index (χ1) is 11.1. The predicted molar refractivity (Wildman–Crippen MR) is 89.0 cm³/mol. The van der Waals surface area contributed by atoms with E-state index in [0.717, 1.165) is 37.5 Å². The van der Waals surface area contributed by atoms with Crippen molar-refractivity contribution in [2.24, 2.45) is 5.92 Å². The highest BCUT2D eigenvalue weighted by molar-refractivity contribution is 5.76. The molecule has 122 valence electrons. The van der Waals surface area contributed by atoms with Crippen LogP contribution in [0, 0.1) is 5.92 Å². The third kappa shape index (κ3) is 3.97. The van der Waals surface area contributed by atoms with E-state index in [1.54, 1.807) is 0 Å². The molecule has 0 saturated carbocycles. The van der Waals surface area contributed by atoms with Gasteiger partial charge in [0.25, 0.3) is 0 Å². The minimum atomic E-state index is 0.145. The van der Waals surface area contributed by atoms with Gasteiger partial charge in [0.2, 0.25) is 5.91 Å². The first kappa shape index (κ1) is 15.7. The maximum Gasteiger partial charge on any atom is 0.220 e. The number of fused-ring (bicyclic) bond motifs is 1. The second kappa shape index (κ2) is 6.94. The molecule has 3 rings (SSSR count). The van der Waals surface area contributed by atoms with Gasteiger partial charge in [-0.1, -0.05) is 44.2 Å². The molecule has 1 aliphatic rings. The van der Waals surface area contributed by atoms with E-state index in [0.29, 0.717) is 12.3 Å². The number of aryl methyl sites for hydroxylation is 1. The van der Waals surface area contributed by atoms with Crippen LogP contribution >= 0.6 is 0 Å². The molecule has 1 atom stereocenters. The fourth-order valence-corrected chi connectivity index (χ4v) is 3.07. The number of benzene rings is 1. The first-order valence-corrected chi connectivity index (χ1v) is 8.36. The molecule has 0 fully saturated rings.